The summed E-state index contributed by atoms with van der Waals surface area (Å²) in [5, 5.41) is 10.3. The number of benzene rings is 11. The molecule has 2 aromatic heterocycles. The molecule has 0 bridgehead atoms. The number of para-hydroxylation sites is 2. The number of hydrogen-bond acceptors (Lipinski definition) is 0. The Morgan fingerprint density at radius 2 is 0.569 bits per heavy atom. The second kappa shape index (κ2) is 17.1. The normalized spacial score (nSPS) is 12.1. The summed E-state index contributed by atoms with van der Waals surface area (Å²) in [7, 11) is 0. The van der Waals surface area contributed by atoms with E-state index in [0.29, 0.717) is 0 Å². The number of aromatic nitrogens is 2. The van der Waals surface area contributed by atoms with Crippen LogP contribution in [0.15, 0.2) is 224 Å². The van der Waals surface area contributed by atoms with Gasteiger partial charge in [-0.15, -0.1) is 0 Å². The summed E-state index contributed by atoms with van der Waals surface area (Å²) in [6.45, 7) is 13.3. The Hall–Kier alpha value is -8.46. The lowest BCUT2D eigenvalue weighted by molar-refractivity contribution is 0.591. The molecule has 346 valence electrons. The Balaban J connectivity index is 0.832. The second-order valence-corrected chi connectivity index (χ2v) is 20.6. The van der Waals surface area contributed by atoms with Crippen LogP contribution in [0.5, 0.6) is 0 Å². The maximum absolute atomic E-state index is 2.46. The van der Waals surface area contributed by atoms with Crippen molar-refractivity contribution in [3.8, 4) is 66.8 Å². The molecule has 0 radical (unpaired) electrons. The van der Waals surface area contributed by atoms with E-state index in [-0.39, 0.29) is 5.41 Å². The van der Waals surface area contributed by atoms with Crippen molar-refractivity contribution < 1.29 is 0 Å². The minimum atomic E-state index is -0.00709. The van der Waals surface area contributed by atoms with Gasteiger partial charge in [-0.3, -0.25) is 0 Å². The number of nitrogens with zero attached hydrogens (tertiary/aromatic N) is 2. The van der Waals surface area contributed by atoms with Gasteiger partial charge < -0.3 is 9.13 Å². The quantitative estimate of drug-likeness (QED) is 0.134. The van der Waals surface area contributed by atoms with Crippen molar-refractivity contribution in [2.45, 2.75) is 53.1 Å². The maximum Gasteiger partial charge on any atom is 0.0491 e. The second-order valence-electron chi connectivity index (χ2n) is 20.6. The minimum absolute atomic E-state index is 0.00709. The number of rotatable bonds is 8. The van der Waals surface area contributed by atoms with Gasteiger partial charge in [0.2, 0.25) is 0 Å². The van der Waals surface area contributed by atoms with Crippen LogP contribution < -0.4 is 0 Å². The SMILES string of the molecule is CCn1c2ccccc2c2cc(-c3ccc(-c4ccc(-c5c6ccccc6c(-c6ccc(-c7ccc(-c8ccc9c(c8)c8ccccc8n9CC)cc7)cc6)c6cc(C(C)(C)C)ccc56)cc4)cc3)ccc21. The molecule has 0 unspecified atom stereocenters. The van der Waals surface area contributed by atoms with Crippen LogP contribution in [-0.4, -0.2) is 9.13 Å². The zero-order valence-electron chi connectivity index (χ0n) is 41.7. The van der Waals surface area contributed by atoms with Gasteiger partial charge >= 0.3 is 0 Å². The van der Waals surface area contributed by atoms with Crippen LogP contribution in [0.2, 0.25) is 0 Å². The molecule has 0 aliphatic carbocycles. The number of aryl methyl sites for hydroxylation is 2. The molecule has 0 saturated heterocycles. The third kappa shape index (κ3) is 7.16. The van der Waals surface area contributed by atoms with Crippen LogP contribution in [0.4, 0.5) is 0 Å². The molecular weight excluding hydrogens is 869 g/mol. The molecule has 0 spiro atoms. The number of hydrogen-bond donors (Lipinski definition) is 0. The van der Waals surface area contributed by atoms with E-state index in [2.05, 4.69) is 268 Å². The molecule has 0 aliphatic heterocycles. The number of fused-ring (bicyclic) bond motifs is 8. The zero-order valence-corrected chi connectivity index (χ0v) is 41.7. The molecule has 13 aromatic rings. The Bertz CT molecular complexity index is 4210. The van der Waals surface area contributed by atoms with Crippen LogP contribution in [0.1, 0.15) is 40.2 Å². The highest BCUT2D eigenvalue weighted by atomic mass is 15.0. The van der Waals surface area contributed by atoms with Gasteiger partial charge in [-0.2, -0.15) is 0 Å². The van der Waals surface area contributed by atoms with E-state index < -0.39 is 0 Å². The van der Waals surface area contributed by atoms with Crippen LogP contribution in [-0.2, 0) is 18.5 Å². The van der Waals surface area contributed by atoms with E-state index in [1.165, 1.54) is 137 Å². The summed E-state index contributed by atoms with van der Waals surface area (Å²) in [6.07, 6.45) is 0. The Morgan fingerprint density at radius 3 is 0.958 bits per heavy atom. The summed E-state index contributed by atoms with van der Waals surface area (Å²) in [4.78, 5) is 0. The molecule has 2 heteroatoms. The van der Waals surface area contributed by atoms with E-state index in [0.717, 1.165) is 13.1 Å². The van der Waals surface area contributed by atoms with Gasteiger partial charge in [0, 0.05) is 56.7 Å². The maximum atomic E-state index is 2.46. The van der Waals surface area contributed by atoms with Gasteiger partial charge in [0.15, 0.2) is 0 Å². The predicted octanol–water partition coefficient (Wildman–Crippen LogP) is 19.5. The Kier molecular flexibility index (Phi) is 10.4. The fourth-order valence-corrected chi connectivity index (χ4v) is 11.8. The van der Waals surface area contributed by atoms with Crippen molar-refractivity contribution in [1.82, 2.24) is 9.13 Å². The molecule has 0 N–H and O–H groups in total. The first-order valence-corrected chi connectivity index (χ1v) is 25.7. The molecule has 13 rings (SSSR count). The predicted molar refractivity (Wildman–Crippen MR) is 310 cm³/mol. The van der Waals surface area contributed by atoms with Gasteiger partial charge in [-0.25, -0.2) is 0 Å². The first kappa shape index (κ1) is 43.6. The third-order valence-corrected chi connectivity index (χ3v) is 15.5. The van der Waals surface area contributed by atoms with Gasteiger partial charge in [-0.05, 0) is 156 Å². The standard InChI is InChI=1S/C70H56N2/c1-6-71-64-18-12-10-14-56(64)61-42-53(36-40-66(61)71)49-24-20-45(21-25-49)47-28-32-51(33-29-47)68-58-16-8-9-17-59(58)69(63-44-55(70(3,4)5)38-39-60(63)68)52-34-30-48(31-35-52)46-22-26-50(27-23-46)54-37-41-67-62(43-54)57-15-11-13-19-65(57)72(67)7-2/h8-44H,6-7H2,1-5H3. The first-order valence-electron chi connectivity index (χ1n) is 25.7. The molecule has 0 saturated carbocycles. The minimum Gasteiger partial charge on any atom is -0.341 e. The molecule has 0 fully saturated rings. The molecule has 0 aliphatic rings. The molecule has 0 amide bonds. The summed E-state index contributed by atoms with van der Waals surface area (Å²) in [5.41, 5.74) is 21.3. The van der Waals surface area contributed by atoms with Crippen molar-refractivity contribution >= 4 is 65.2 Å². The largest absolute Gasteiger partial charge is 0.341 e. The fourth-order valence-electron chi connectivity index (χ4n) is 11.8. The van der Waals surface area contributed by atoms with Crippen LogP contribution in [0.3, 0.4) is 0 Å². The highest BCUT2D eigenvalue weighted by molar-refractivity contribution is 6.21. The highest BCUT2D eigenvalue weighted by Gasteiger charge is 2.21. The fraction of sp³-hybridized carbons (Fsp3) is 0.114. The average molecular weight is 925 g/mol. The van der Waals surface area contributed by atoms with Gasteiger partial charge in [0.05, 0.1) is 0 Å². The Labute approximate surface area is 422 Å². The molecule has 0 atom stereocenters. The molecule has 72 heavy (non-hydrogen) atoms. The van der Waals surface area contributed by atoms with Gasteiger partial charge in [0.25, 0.3) is 0 Å². The van der Waals surface area contributed by atoms with E-state index in [4.69, 9.17) is 0 Å². The van der Waals surface area contributed by atoms with E-state index >= 15 is 0 Å². The lowest BCUT2D eigenvalue weighted by Gasteiger charge is -2.23. The van der Waals surface area contributed by atoms with Crippen molar-refractivity contribution in [3.05, 3.63) is 230 Å². The van der Waals surface area contributed by atoms with Crippen LogP contribution >= 0.6 is 0 Å². The topological polar surface area (TPSA) is 9.86 Å². The van der Waals surface area contributed by atoms with E-state index in [9.17, 15) is 0 Å². The lowest BCUT2D eigenvalue weighted by atomic mass is 9.81. The molecule has 2 heterocycles. The summed E-state index contributed by atoms with van der Waals surface area (Å²) in [5.74, 6) is 0. The summed E-state index contributed by atoms with van der Waals surface area (Å²) < 4.78 is 4.83. The first-order chi connectivity index (χ1) is 35.2. The van der Waals surface area contributed by atoms with E-state index in [1.54, 1.807) is 0 Å². The molecular formula is C70H56N2. The van der Waals surface area contributed by atoms with Crippen LogP contribution in [0, 0.1) is 0 Å². The summed E-state index contributed by atoms with van der Waals surface area (Å²) >= 11 is 0. The smallest absolute Gasteiger partial charge is 0.0491 e. The zero-order chi connectivity index (χ0) is 48.7. The van der Waals surface area contributed by atoms with Crippen molar-refractivity contribution in [2.75, 3.05) is 0 Å². The van der Waals surface area contributed by atoms with Crippen molar-refractivity contribution in [1.29, 1.82) is 0 Å². The molecule has 11 aromatic carbocycles. The van der Waals surface area contributed by atoms with E-state index in [1.807, 2.05) is 0 Å². The van der Waals surface area contributed by atoms with Crippen molar-refractivity contribution in [3.63, 3.8) is 0 Å². The monoisotopic (exact) mass is 924 g/mol. The lowest BCUT2D eigenvalue weighted by Crippen LogP contribution is -2.10. The summed E-state index contributed by atoms with van der Waals surface area (Å²) in [6, 6.07) is 84.2. The average Bonchev–Trinajstić information content (AvgIpc) is 3.93. The Morgan fingerprint density at radius 1 is 0.264 bits per heavy atom. The molecule has 2 nitrogen and oxygen atoms in total. The van der Waals surface area contributed by atoms with Crippen LogP contribution in [0.25, 0.3) is 132 Å². The third-order valence-electron chi connectivity index (χ3n) is 15.5. The highest BCUT2D eigenvalue weighted by Crippen LogP contribution is 2.46. The van der Waals surface area contributed by atoms with Gasteiger partial charge in [0.1, 0.15) is 0 Å². The van der Waals surface area contributed by atoms with Gasteiger partial charge in [-0.1, -0.05) is 203 Å². The van der Waals surface area contributed by atoms with Crippen molar-refractivity contribution in [2.24, 2.45) is 0 Å².